The Morgan fingerprint density at radius 1 is 1.44 bits per heavy atom. The van der Waals surface area contributed by atoms with Crippen LogP contribution in [-0.4, -0.2) is 26.2 Å². The van der Waals surface area contributed by atoms with Crippen LogP contribution < -0.4 is 5.32 Å². The molecule has 3 rings (SSSR count). The summed E-state index contributed by atoms with van der Waals surface area (Å²) in [7, 11) is 0. The van der Waals surface area contributed by atoms with Gasteiger partial charge in [-0.1, -0.05) is 17.7 Å². The van der Waals surface area contributed by atoms with Crippen molar-refractivity contribution in [2.45, 2.75) is 32.4 Å². The van der Waals surface area contributed by atoms with E-state index in [4.69, 9.17) is 11.6 Å². The Labute approximate surface area is 110 Å². The highest BCUT2D eigenvalue weighted by Crippen LogP contribution is 2.22. The highest BCUT2D eigenvalue weighted by atomic mass is 35.5. The van der Waals surface area contributed by atoms with Crippen molar-refractivity contribution >= 4 is 11.6 Å². The van der Waals surface area contributed by atoms with Gasteiger partial charge in [0.15, 0.2) is 5.82 Å². The lowest BCUT2D eigenvalue weighted by molar-refractivity contribution is 0.638. The largest absolute Gasteiger partial charge is 0.307 e. The van der Waals surface area contributed by atoms with Crippen LogP contribution in [0.2, 0.25) is 5.02 Å². The van der Waals surface area contributed by atoms with Crippen molar-refractivity contribution in [3.05, 3.63) is 34.6 Å². The summed E-state index contributed by atoms with van der Waals surface area (Å²) < 4.78 is 1.69. The molecule has 94 valence electrons. The molecular formula is C12H14ClN5. The van der Waals surface area contributed by atoms with Crippen molar-refractivity contribution < 1.29 is 0 Å². The van der Waals surface area contributed by atoms with Crippen molar-refractivity contribution in [2.75, 3.05) is 0 Å². The van der Waals surface area contributed by atoms with Gasteiger partial charge in [0, 0.05) is 6.04 Å². The number of rotatable bonds is 4. The summed E-state index contributed by atoms with van der Waals surface area (Å²) >= 11 is 6.23. The summed E-state index contributed by atoms with van der Waals surface area (Å²) in [6, 6.07) is 6.48. The van der Waals surface area contributed by atoms with Crippen LogP contribution in [0.3, 0.4) is 0 Å². The van der Waals surface area contributed by atoms with E-state index < -0.39 is 0 Å². The number of tetrazole rings is 1. The van der Waals surface area contributed by atoms with Crippen molar-refractivity contribution in [1.29, 1.82) is 0 Å². The first-order valence-corrected chi connectivity index (χ1v) is 6.39. The van der Waals surface area contributed by atoms with E-state index in [1.807, 2.05) is 25.1 Å². The van der Waals surface area contributed by atoms with Crippen LogP contribution >= 0.6 is 11.6 Å². The molecule has 1 aromatic heterocycles. The lowest BCUT2D eigenvalue weighted by Gasteiger charge is -2.07. The summed E-state index contributed by atoms with van der Waals surface area (Å²) in [6.45, 7) is 2.67. The minimum absolute atomic E-state index is 0.628. The van der Waals surface area contributed by atoms with Gasteiger partial charge in [0.2, 0.25) is 0 Å². The van der Waals surface area contributed by atoms with E-state index in [1.165, 1.54) is 12.8 Å². The first-order valence-electron chi connectivity index (χ1n) is 6.01. The molecule has 0 spiro atoms. The molecule has 1 aliphatic carbocycles. The Morgan fingerprint density at radius 2 is 2.28 bits per heavy atom. The lowest BCUT2D eigenvalue weighted by Crippen LogP contribution is -2.19. The predicted octanol–water partition coefficient (Wildman–Crippen LogP) is 1.88. The number of nitrogens with one attached hydrogen (secondary N) is 1. The smallest absolute Gasteiger partial charge is 0.170 e. The van der Waals surface area contributed by atoms with Gasteiger partial charge in [0.05, 0.1) is 17.3 Å². The van der Waals surface area contributed by atoms with Gasteiger partial charge in [0.25, 0.3) is 0 Å². The third kappa shape index (κ3) is 2.37. The SMILES string of the molecule is Cc1ccc(-n2nnnc2CNC2CC2)c(Cl)c1. The predicted molar refractivity (Wildman–Crippen MR) is 68.8 cm³/mol. The number of nitrogens with zero attached hydrogens (tertiary/aromatic N) is 4. The lowest BCUT2D eigenvalue weighted by atomic mass is 10.2. The number of hydrogen-bond acceptors (Lipinski definition) is 4. The summed E-state index contributed by atoms with van der Waals surface area (Å²) in [5.41, 5.74) is 1.94. The zero-order valence-corrected chi connectivity index (χ0v) is 10.9. The molecule has 0 bridgehead atoms. The van der Waals surface area contributed by atoms with Crippen molar-refractivity contribution in [3.8, 4) is 5.69 Å². The second-order valence-electron chi connectivity index (χ2n) is 4.62. The first-order chi connectivity index (χ1) is 8.74. The van der Waals surface area contributed by atoms with E-state index in [-0.39, 0.29) is 0 Å². The Morgan fingerprint density at radius 3 is 3.00 bits per heavy atom. The molecule has 0 radical (unpaired) electrons. The Balaban J connectivity index is 1.88. The quantitative estimate of drug-likeness (QED) is 0.915. The first kappa shape index (κ1) is 11.6. The molecule has 1 N–H and O–H groups in total. The van der Waals surface area contributed by atoms with Crippen LogP contribution in [0.25, 0.3) is 5.69 Å². The molecule has 0 aliphatic heterocycles. The molecule has 18 heavy (non-hydrogen) atoms. The molecule has 1 saturated carbocycles. The molecular weight excluding hydrogens is 250 g/mol. The van der Waals surface area contributed by atoms with Crippen molar-refractivity contribution in [1.82, 2.24) is 25.5 Å². The molecule has 0 atom stereocenters. The minimum Gasteiger partial charge on any atom is -0.307 e. The maximum atomic E-state index is 6.23. The highest BCUT2D eigenvalue weighted by molar-refractivity contribution is 6.32. The maximum absolute atomic E-state index is 6.23. The summed E-state index contributed by atoms with van der Waals surface area (Å²) in [4.78, 5) is 0. The number of hydrogen-bond donors (Lipinski definition) is 1. The molecule has 1 heterocycles. The Hall–Kier alpha value is -1.46. The topological polar surface area (TPSA) is 55.6 Å². The molecule has 0 unspecified atom stereocenters. The van der Waals surface area contributed by atoms with Crippen LogP contribution in [0.1, 0.15) is 24.2 Å². The van der Waals surface area contributed by atoms with E-state index in [9.17, 15) is 0 Å². The normalized spacial score (nSPS) is 15.0. The minimum atomic E-state index is 0.628. The van der Waals surface area contributed by atoms with E-state index in [2.05, 4.69) is 20.8 Å². The Kier molecular flexibility index (Phi) is 3.01. The molecule has 1 fully saturated rings. The van der Waals surface area contributed by atoms with Gasteiger partial charge in [-0.3, -0.25) is 0 Å². The fourth-order valence-electron chi connectivity index (χ4n) is 1.81. The molecule has 1 aromatic carbocycles. The van der Waals surface area contributed by atoms with Crippen molar-refractivity contribution in [3.63, 3.8) is 0 Å². The van der Waals surface area contributed by atoms with E-state index >= 15 is 0 Å². The van der Waals surface area contributed by atoms with Crippen LogP contribution in [-0.2, 0) is 6.54 Å². The molecule has 6 heteroatoms. The van der Waals surface area contributed by atoms with Gasteiger partial charge in [-0.25, -0.2) is 0 Å². The second-order valence-corrected chi connectivity index (χ2v) is 5.02. The molecule has 0 saturated heterocycles. The van der Waals surface area contributed by atoms with Crippen molar-refractivity contribution in [2.24, 2.45) is 0 Å². The van der Waals surface area contributed by atoms with Gasteiger partial charge in [-0.05, 0) is 47.9 Å². The Bertz CT molecular complexity index is 561. The average Bonchev–Trinajstić information content (AvgIpc) is 3.06. The highest BCUT2D eigenvalue weighted by Gasteiger charge is 2.21. The number of halogens is 1. The molecule has 2 aromatic rings. The van der Waals surface area contributed by atoms with Gasteiger partial charge in [0.1, 0.15) is 0 Å². The van der Waals surface area contributed by atoms with Crippen LogP contribution in [0.4, 0.5) is 0 Å². The van der Waals surface area contributed by atoms with Crippen LogP contribution in [0.5, 0.6) is 0 Å². The van der Waals surface area contributed by atoms with Crippen LogP contribution in [0.15, 0.2) is 18.2 Å². The van der Waals surface area contributed by atoms with Crippen LogP contribution in [0, 0.1) is 6.92 Å². The fourth-order valence-corrected chi connectivity index (χ4v) is 2.13. The summed E-state index contributed by atoms with van der Waals surface area (Å²) in [5.74, 6) is 0.785. The van der Waals surface area contributed by atoms with E-state index in [0.29, 0.717) is 17.6 Å². The number of benzene rings is 1. The van der Waals surface area contributed by atoms with E-state index in [1.54, 1.807) is 4.68 Å². The number of aromatic nitrogens is 4. The second kappa shape index (κ2) is 4.66. The van der Waals surface area contributed by atoms with Gasteiger partial charge in [-0.15, -0.1) is 5.10 Å². The maximum Gasteiger partial charge on any atom is 0.170 e. The average molecular weight is 264 g/mol. The van der Waals surface area contributed by atoms with E-state index in [0.717, 1.165) is 17.1 Å². The zero-order chi connectivity index (χ0) is 12.5. The fraction of sp³-hybridized carbons (Fsp3) is 0.417. The standard InChI is InChI=1S/C12H14ClN5/c1-8-2-5-11(10(13)6-8)18-12(15-16-17-18)7-14-9-3-4-9/h2,5-6,9,14H,3-4,7H2,1H3. The molecule has 0 amide bonds. The molecule has 5 nitrogen and oxygen atoms in total. The number of aryl methyl sites for hydroxylation is 1. The molecule has 1 aliphatic rings. The zero-order valence-electron chi connectivity index (χ0n) is 10.1. The van der Waals surface area contributed by atoms with Gasteiger partial charge < -0.3 is 5.32 Å². The van der Waals surface area contributed by atoms with Gasteiger partial charge >= 0.3 is 0 Å². The third-order valence-corrected chi connectivity index (χ3v) is 3.29. The monoisotopic (exact) mass is 263 g/mol. The van der Waals surface area contributed by atoms with Gasteiger partial charge in [-0.2, -0.15) is 4.68 Å². The summed E-state index contributed by atoms with van der Waals surface area (Å²) in [5, 5.41) is 15.8. The third-order valence-electron chi connectivity index (χ3n) is 2.99. The summed E-state index contributed by atoms with van der Waals surface area (Å²) in [6.07, 6.45) is 2.49.